The Labute approximate surface area is 127 Å². The number of aryl methyl sites for hydroxylation is 2. The van der Waals surface area contributed by atoms with E-state index >= 15 is 0 Å². The van der Waals surface area contributed by atoms with Crippen molar-refractivity contribution in [2.24, 2.45) is 7.05 Å². The number of nitrogens with one attached hydrogen (secondary N) is 1. The highest BCUT2D eigenvalue weighted by Crippen LogP contribution is 2.16. The number of anilines is 1. The van der Waals surface area contributed by atoms with Crippen molar-refractivity contribution in [3.63, 3.8) is 0 Å². The smallest absolute Gasteiger partial charge is 0.303 e. The van der Waals surface area contributed by atoms with Crippen molar-refractivity contribution in [2.75, 3.05) is 5.32 Å². The molecule has 6 heteroatoms. The number of aliphatic carboxylic acids is 1. The minimum atomic E-state index is -0.845. The Bertz CT molecular complexity index is 679. The van der Waals surface area contributed by atoms with E-state index < -0.39 is 5.97 Å². The number of carboxylic acid groups (broad SMARTS) is 1. The standard InChI is InChI=1S/C15H15ClN2O3/c1-18-9-11(16)8-13(18)15(21)17-12-4-2-3-10(7-12)5-6-14(19)20/h2-4,7-9H,5-6H2,1H3,(H,17,21)(H,19,20). The molecule has 2 N–H and O–H groups in total. The molecule has 0 bridgehead atoms. The molecule has 0 aliphatic heterocycles. The third kappa shape index (κ3) is 4.10. The highest BCUT2D eigenvalue weighted by molar-refractivity contribution is 6.31. The number of amides is 1. The monoisotopic (exact) mass is 306 g/mol. The van der Waals surface area contributed by atoms with Gasteiger partial charge in [0.2, 0.25) is 0 Å². The van der Waals surface area contributed by atoms with Gasteiger partial charge in [0.25, 0.3) is 5.91 Å². The minimum absolute atomic E-state index is 0.0603. The topological polar surface area (TPSA) is 71.3 Å². The molecule has 2 aromatic rings. The molecular formula is C15H15ClN2O3. The van der Waals surface area contributed by atoms with E-state index in [2.05, 4.69) is 5.32 Å². The van der Waals surface area contributed by atoms with Crippen LogP contribution in [-0.2, 0) is 18.3 Å². The summed E-state index contributed by atoms with van der Waals surface area (Å²) in [5, 5.41) is 12.0. The molecule has 1 aromatic carbocycles. The maximum atomic E-state index is 12.1. The number of carbonyl (C=O) groups excluding carboxylic acids is 1. The van der Waals surface area contributed by atoms with Gasteiger partial charge in [0.05, 0.1) is 5.02 Å². The van der Waals surface area contributed by atoms with Crippen molar-refractivity contribution in [1.82, 2.24) is 4.57 Å². The Hall–Kier alpha value is -2.27. The number of halogens is 1. The van der Waals surface area contributed by atoms with Gasteiger partial charge in [-0.1, -0.05) is 23.7 Å². The first-order chi connectivity index (χ1) is 9.95. The van der Waals surface area contributed by atoms with E-state index in [1.165, 1.54) is 0 Å². The number of benzene rings is 1. The maximum Gasteiger partial charge on any atom is 0.303 e. The Morgan fingerprint density at radius 2 is 2.10 bits per heavy atom. The van der Waals surface area contributed by atoms with Crippen LogP contribution >= 0.6 is 11.6 Å². The van der Waals surface area contributed by atoms with Crippen LogP contribution in [-0.4, -0.2) is 21.6 Å². The van der Waals surface area contributed by atoms with E-state index in [1.807, 2.05) is 6.07 Å². The van der Waals surface area contributed by atoms with Gasteiger partial charge in [-0.05, 0) is 30.2 Å². The predicted molar refractivity (Wildman–Crippen MR) is 80.8 cm³/mol. The lowest BCUT2D eigenvalue weighted by Crippen LogP contribution is -2.15. The van der Waals surface area contributed by atoms with E-state index in [4.69, 9.17) is 16.7 Å². The fraction of sp³-hybridized carbons (Fsp3) is 0.200. The number of hydrogen-bond acceptors (Lipinski definition) is 2. The van der Waals surface area contributed by atoms with E-state index in [1.54, 1.807) is 42.1 Å². The zero-order valence-corrected chi connectivity index (χ0v) is 12.2. The van der Waals surface area contributed by atoms with E-state index in [-0.39, 0.29) is 12.3 Å². The molecule has 1 aromatic heterocycles. The maximum absolute atomic E-state index is 12.1. The first-order valence-electron chi connectivity index (χ1n) is 6.39. The van der Waals surface area contributed by atoms with Gasteiger partial charge in [0.1, 0.15) is 5.69 Å². The zero-order valence-electron chi connectivity index (χ0n) is 11.5. The lowest BCUT2D eigenvalue weighted by molar-refractivity contribution is -0.136. The first kappa shape index (κ1) is 15.1. The molecule has 0 aliphatic rings. The molecule has 1 heterocycles. The average Bonchev–Trinajstić information content (AvgIpc) is 2.76. The second-order valence-corrected chi connectivity index (χ2v) is 5.14. The largest absolute Gasteiger partial charge is 0.481 e. The Morgan fingerprint density at radius 3 is 2.71 bits per heavy atom. The molecule has 0 fully saturated rings. The summed E-state index contributed by atoms with van der Waals surface area (Å²) in [7, 11) is 1.74. The second-order valence-electron chi connectivity index (χ2n) is 4.70. The van der Waals surface area contributed by atoms with Crippen LogP contribution in [0.2, 0.25) is 5.02 Å². The Morgan fingerprint density at radius 1 is 1.33 bits per heavy atom. The molecule has 110 valence electrons. The fourth-order valence-electron chi connectivity index (χ4n) is 2.00. The van der Waals surface area contributed by atoms with Crippen molar-refractivity contribution in [2.45, 2.75) is 12.8 Å². The van der Waals surface area contributed by atoms with Crippen molar-refractivity contribution >= 4 is 29.2 Å². The third-order valence-electron chi connectivity index (χ3n) is 3.02. The molecular weight excluding hydrogens is 292 g/mol. The molecule has 5 nitrogen and oxygen atoms in total. The number of nitrogens with zero attached hydrogens (tertiary/aromatic N) is 1. The molecule has 0 spiro atoms. The van der Waals surface area contributed by atoms with Gasteiger partial charge in [-0.25, -0.2) is 0 Å². The van der Waals surface area contributed by atoms with Crippen molar-refractivity contribution < 1.29 is 14.7 Å². The summed E-state index contributed by atoms with van der Waals surface area (Å²) in [6, 6.07) is 8.73. The molecule has 0 saturated carbocycles. The van der Waals surface area contributed by atoms with Crippen molar-refractivity contribution in [3.05, 3.63) is 52.8 Å². The van der Waals surface area contributed by atoms with Crippen LogP contribution in [0.5, 0.6) is 0 Å². The lowest BCUT2D eigenvalue weighted by Gasteiger charge is -2.07. The Balaban J connectivity index is 2.09. The number of hydrogen-bond donors (Lipinski definition) is 2. The van der Waals surface area contributed by atoms with Crippen LogP contribution in [0, 0.1) is 0 Å². The van der Waals surface area contributed by atoms with Crippen LogP contribution in [0.3, 0.4) is 0 Å². The minimum Gasteiger partial charge on any atom is -0.481 e. The van der Waals surface area contributed by atoms with Crippen LogP contribution < -0.4 is 5.32 Å². The highest BCUT2D eigenvalue weighted by Gasteiger charge is 2.11. The molecule has 0 atom stereocenters. The molecule has 0 unspecified atom stereocenters. The average molecular weight is 307 g/mol. The number of carbonyl (C=O) groups is 2. The van der Waals surface area contributed by atoms with E-state index in [0.717, 1.165) is 5.56 Å². The summed E-state index contributed by atoms with van der Waals surface area (Å²) in [6.45, 7) is 0. The van der Waals surface area contributed by atoms with Crippen LogP contribution in [0.1, 0.15) is 22.5 Å². The van der Waals surface area contributed by atoms with Crippen molar-refractivity contribution in [3.8, 4) is 0 Å². The lowest BCUT2D eigenvalue weighted by atomic mass is 10.1. The van der Waals surface area contributed by atoms with E-state index in [0.29, 0.717) is 22.8 Å². The molecule has 0 radical (unpaired) electrons. The normalized spacial score (nSPS) is 10.4. The molecule has 1 amide bonds. The summed E-state index contributed by atoms with van der Waals surface area (Å²) in [5.74, 6) is -1.11. The number of carboxylic acids is 1. The van der Waals surface area contributed by atoms with Gasteiger partial charge in [0, 0.05) is 25.4 Å². The SMILES string of the molecule is Cn1cc(Cl)cc1C(=O)Nc1cccc(CCC(=O)O)c1. The highest BCUT2D eigenvalue weighted by atomic mass is 35.5. The quantitative estimate of drug-likeness (QED) is 0.892. The van der Waals surface area contributed by atoms with Crippen LogP contribution in [0.25, 0.3) is 0 Å². The van der Waals surface area contributed by atoms with Gasteiger partial charge < -0.3 is 15.0 Å². The molecule has 21 heavy (non-hydrogen) atoms. The number of rotatable bonds is 5. The predicted octanol–water partition coefficient (Wildman–Crippen LogP) is 2.95. The van der Waals surface area contributed by atoms with Crippen LogP contribution in [0.4, 0.5) is 5.69 Å². The third-order valence-corrected chi connectivity index (χ3v) is 3.22. The van der Waals surface area contributed by atoms with Gasteiger partial charge in [-0.3, -0.25) is 9.59 Å². The van der Waals surface area contributed by atoms with Crippen molar-refractivity contribution in [1.29, 1.82) is 0 Å². The van der Waals surface area contributed by atoms with Gasteiger partial charge in [0.15, 0.2) is 0 Å². The van der Waals surface area contributed by atoms with Gasteiger partial charge in [-0.15, -0.1) is 0 Å². The van der Waals surface area contributed by atoms with Crippen LogP contribution in [0.15, 0.2) is 36.5 Å². The second kappa shape index (κ2) is 6.45. The zero-order chi connectivity index (χ0) is 15.4. The molecule has 0 aliphatic carbocycles. The fourth-order valence-corrected chi connectivity index (χ4v) is 2.25. The van der Waals surface area contributed by atoms with Gasteiger partial charge >= 0.3 is 5.97 Å². The first-order valence-corrected chi connectivity index (χ1v) is 6.77. The molecule has 2 rings (SSSR count). The summed E-state index contributed by atoms with van der Waals surface area (Å²) in [6.07, 6.45) is 2.14. The summed E-state index contributed by atoms with van der Waals surface area (Å²) < 4.78 is 1.64. The molecule has 0 saturated heterocycles. The summed E-state index contributed by atoms with van der Waals surface area (Å²) in [4.78, 5) is 22.7. The number of aromatic nitrogens is 1. The van der Waals surface area contributed by atoms with E-state index in [9.17, 15) is 9.59 Å². The summed E-state index contributed by atoms with van der Waals surface area (Å²) in [5.41, 5.74) is 1.94. The van der Waals surface area contributed by atoms with Gasteiger partial charge in [-0.2, -0.15) is 0 Å². The summed E-state index contributed by atoms with van der Waals surface area (Å²) >= 11 is 5.85. The Kier molecular flexibility index (Phi) is 4.65.